The van der Waals surface area contributed by atoms with Crippen molar-refractivity contribution in [3.63, 3.8) is 0 Å². The van der Waals surface area contributed by atoms with Crippen LogP contribution in [0.2, 0.25) is 0 Å². The number of aromatic nitrogens is 1. The van der Waals surface area contributed by atoms with Gasteiger partial charge in [0.2, 0.25) is 5.91 Å². The maximum Gasteiger partial charge on any atom is 0.244 e. The third kappa shape index (κ3) is 2.77. The highest BCUT2D eigenvalue weighted by Crippen LogP contribution is 2.09. The molecule has 1 amide bonds. The Balaban J connectivity index is 2.01. The van der Waals surface area contributed by atoms with Crippen LogP contribution >= 0.6 is 0 Å². The minimum atomic E-state index is -0.147. The first-order valence-electron chi connectivity index (χ1n) is 5.61. The summed E-state index contributed by atoms with van der Waals surface area (Å²) in [5, 5.41) is 11.6. The van der Waals surface area contributed by atoms with Gasteiger partial charge in [0.05, 0.1) is 0 Å². The van der Waals surface area contributed by atoms with Crippen LogP contribution in [0.25, 0.3) is 0 Å². The lowest BCUT2D eigenvalue weighted by atomic mass is 10.2. The molecule has 1 aromatic carbocycles. The number of amides is 1. The Morgan fingerprint density at radius 2 is 2.06 bits per heavy atom. The standard InChI is InChI=1S/C14H13N3O/c1-11-4-6-12(7-5-11)16-14(18)10-17-8-2-3-13(17)9-15/h2-8H,10H2,1H3,(H,16,18). The summed E-state index contributed by atoms with van der Waals surface area (Å²) in [6.45, 7) is 2.13. The fourth-order valence-corrected chi connectivity index (χ4v) is 1.65. The third-order valence-corrected chi connectivity index (χ3v) is 2.59. The van der Waals surface area contributed by atoms with E-state index >= 15 is 0 Å². The molecule has 0 radical (unpaired) electrons. The Labute approximate surface area is 105 Å². The number of carbonyl (C=O) groups excluding carboxylic acids is 1. The molecule has 0 saturated heterocycles. The van der Waals surface area contributed by atoms with Crippen LogP contribution in [-0.2, 0) is 11.3 Å². The van der Waals surface area contributed by atoms with Gasteiger partial charge in [-0.2, -0.15) is 5.26 Å². The van der Waals surface area contributed by atoms with E-state index in [0.29, 0.717) is 5.69 Å². The third-order valence-electron chi connectivity index (χ3n) is 2.59. The second-order valence-corrected chi connectivity index (χ2v) is 4.05. The number of benzene rings is 1. The van der Waals surface area contributed by atoms with Crippen molar-refractivity contribution < 1.29 is 4.79 Å². The lowest BCUT2D eigenvalue weighted by Gasteiger charge is -2.07. The van der Waals surface area contributed by atoms with Gasteiger partial charge < -0.3 is 9.88 Å². The maximum absolute atomic E-state index is 11.8. The summed E-state index contributed by atoms with van der Waals surface area (Å²) in [6, 6.07) is 13.0. The largest absolute Gasteiger partial charge is 0.330 e. The number of rotatable bonds is 3. The molecule has 2 rings (SSSR count). The minimum Gasteiger partial charge on any atom is -0.330 e. The van der Waals surface area contributed by atoms with E-state index in [9.17, 15) is 4.79 Å². The molecule has 0 aliphatic carbocycles. The van der Waals surface area contributed by atoms with E-state index in [1.54, 1.807) is 22.9 Å². The molecule has 2 aromatic rings. The molecule has 0 saturated carbocycles. The van der Waals surface area contributed by atoms with Gasteiger partial charge in [0, 0.05) is 11.9 Å². The van der Waals surface area contributed by atoms with Crippen molar-refractivity contribution in [3.05, 3.63) is 53.9 Å². The van der Waals surface area contributed by atoms with Crippen molar-refractivity contribution in [2.45, 2.75) is 13.5 Å². The Morgan fingerprint density at radius 1 is 1.33 bits per heavy atom. The van der Waals surface area contributed by atoms with Crippen molar-refractivity contribution in [1.82, 2.24) is 4.57 Å². The molecule has 0 aliphatic rings. The van der Waals surface area contributed by atoms with Crippen LogP contribution < -0.4 is 5.32 Å². The highest BCUT2D eigenvalue weighted by atomic mass is 16.1. The topological polar surface area (TPSA) is 57.8 Å². The van der Waals surface area contributed by atoms with Crippen LogP contribution in [-0.4, -0.2) is 10.5 Å². The Kier molecular flexibility index (Phi) is 3.44. The average molecular weight is 239 g/mol. The van der Waals surface area contributed by atoms with Crippen LogP contribution in [0.1, 0.15) is 11.3 Å². The molecule has 4 nitrogen and oxygen atoms in total. The fraction of sp³-hybridized carbons (Fsp3) is 0.143. The number of anilines is 1. The van der Waals surface area contributed by atoms with Crippen molar-refractivity contribution in [2.75, 3.05) is 5.32 Å². The Bertz CT molecular complexity index is 590. The molecule has 1 N–H and O–H groups in total. The van der Waals surface area contributed by atoms with E-state index in [2.05, 4.69) is 5.32 Å². The van der Waals surface area contributed by atoms with Gasteiger partial charge in [-0.15, -0.1) is 0 Å². The average Bonchev–Trinajstić information content (AvgIpc) is 2.79. The molecule has 0 atom stereocenters. The first-order valence-corrected chi connectivity index (χ1v) is 5.61. The summed E-state index contributed by atoms with van der Waals surface area (Å²) in [6.07, 6.45) is 1.72. The molecular formula is C14H13N3O. The number of hydrogen-bond acceptors (Lipinski definition) is 2. The number of nitrogens with one attached hydrogen (secondary N) is 1. The predicted octanol–water partition coefficient (Wildman–Crippen LogP) is 2.31. The quantitative estimate of drug-likeness (QED) is 0.893. The number of nitrogens with zero attached hydrogens (tertiary/aromatic N) is 2. The molecule has 0 spiro atoms. The number of carbonyl (C=O) groups is 1. The highest BCUT2D eigenvalue weighted by molar-refractivity contribution is 5.90. The lowest BCUT2D eigenvalue weighted by molar-refractivity contribution is -0.116. The summed E-state index contributed by atoms with van der Waals surface area (Å²) in [7, 11) is 0. The molecule has 0 aliphatic heterocycles. The van der Waals surface area contributed by atoms with E-state index < -0.39 is 0 Å². The number of hydrogen-bond donors (Lipinski definition) is 1. The van der Waals surface area contributed by atoms with E-state index in [4.69, 9.17) is 5.26 Å². The zero-order valence-corrected chi connectivity index (χ0v) is 10.1. The molecule has 0 fully saturated rings. The van der Waals surface area contributed by atoms with E-state index in [-0.39, 0.29) is 12.5 Å². The molecule has 1 aromatic heterocycles. The van der Waals surface area contributed by atoms with Crippen molar-refractivity contribution in [3.8, 4) is 6.07 Å². The summed E-state index contributed by atoms with van der Waals surface area (Å²) in [4.78, 5) is 11.8. The summed E-state index contributed by atoms with van der Waals surface area (Å²) in [5.74, 6) is -0.147. The first kappa shape index (κ1) is 11.9. The van der Waals surface area contributed by atoms with Gasteiger partial charge in [0.1, 0.15) is 18.3 Å². The van der Waals surface area contributed by atoms with Crippen molar-refractivity contribution in [2.24, 2.45) is 0 Å². The van der Waals surface area contributed by atoms with Crippen LogP contribution in [0, 0.1) is 18.3 Å². The van der Waals surface area contributed by atoms with Gasteiger partial charge >= 0.3 is 0 Å². The van der Waals surface area contributed by atoms with Crippen LogP contribution in [0.5, 0.6) is 0 Å². The predicted molar refractivity (Wildman–Crippen MR) is 69.0 cm³/mol. The molecule has 18 heavy (non-hydrogen) atoms. The van der Waals surface area contributed by atoms with Gasteiger partial charge in [-0.1, -0.05) is 17.7 Å². The molecule has 0 bridgehead atoms. The van der Waals surface area contributed by atoms with Gasteiger partial charge in [-0.25, -0.2) is 0 Å². The number of aryl methyl sites for hydroxylation is 1. The number of nitriles is 1. The maximum atomic E-state index is 11.8. The molecule has 0 unspecified atom stereocenters. The van der Waals surface area contributed by atoms with Gasteiger partial charge in [0.15, 0.2) is 0 Å². The first-order chi connectivity index (χ1) is 8.69. The Hall–Kier alpha value is -2.54. The van der Waals surface area contributed by atoms with Crippen LogP contribution in [0.15, 0.2) is 42.6 Å². The monoisotopic (exact) mass is 239 g/mol. The zero-order chi connectivity index (χ0) is 13.0. The summed E-state index contributed by atoms with van der Waals surface area (Å²) in [5.41, 5.74) is 2.38. The molecule has 4 heteroatoms. The second kappa shape index (κ2) is 5.19. The molecule has 1 heterocycles. The van der Waals surface area contributed by atoms with E-state index in [1.165, 1.54) is 0 Å². The minimum absolute atomic E-state index is 0.143. The SMILES string of the molecule is Cc1ccc(NC(=O)Cn2cccc2C#N)cc1. The highest BCUT2D eigenvalue weighted by Gasteiger charge is 2.06. The fourth-order valence-electron chi connectivity index (χ4n) is 1.65. The normalized spacial score (nSPS) is 9.78. The van der Waals surface area contributed by atoms with Crippen LogP contribution in [0.3, 0.4) is 0 Å². The van der Waals surface area contributed by atoms with Gasteiger partial charge in [-0.05, 0) is 31.2 Å². The van der Waals surface area contributed by atoms with Crippen molar-refractivity contribution in [1.29, 1.82) is 5.26 Å². The van der Waals surface area contributed by atoms with Crippen LogP contribution in [0.4, 0.5) is 5.69 Å². The van der Waals surface area contributed by atoms with E-state index in [1.807, 2.05) is 37.3 Å². The molecule has 90 valence electrons. The summed E-state index contributed by atoms with van der Waals surface area (Å²) >= 11 is 0. The smallest absolute Gasteiger partial charge is 0.244 e. The second-order valence-electron chi connectivity index (χ2n) is 4.05. The van der Waals surface area contributed by atoms with Gasteiger partial charge in [-0.3, -0.25) is 4.79 Å². The zero-order valence-electron chi connectivity index (χ0n) is 10.1. The Morgan fingerprint density at radius 3 is 2.72 bits per heavy atom. The van der Waals surface area contributed by atoms with E-state index in [0.717, 1.165) is 11.3 Å². The van der Waals surface area contributed by atoms with Gasteiger partial charge in [0.25, 0.3) is 0 Å². The summed E-state index contributed by atoms with van der Waals surface area (Å²) < 4.78 is 1.61. The molecular weight excluding hydrogens is 226 g/mol. The lowest BCUT2D eigenvalue weighted by Crippen LogP contribution is -2.18. The van der Waals surface area contributed by atoms with Crippen molar-refractivity contribution >= 4 is 11.6 Å².